The average Bonchev–Trinajstić information content (AvgIpc) is 2.86. The summed E-state index contributed by atoms with van der Waals surface area (Å²) in [5, 5.41) is 2.46. The molecule has 2 atom stereocenters. The predicted molar refractivity (Wildman–Crippen MR) is 67.6 cm³/mol. The van der Waals surface area contributed by atoms with Gasteiger partial charge in [0.1, 0.15) is 0 Å². The van der Waals surface area contributed by atoms with Crippen molar-refractivity contribution in [2.75, 3.05) is 27.4 Å². The SMILES string of the molecule is CCOC(=O)[C@@]12CCO[C@@]1(OC)NC(=O)C=C2C(=O)OC. The highest BCUT2D eigenvalue weighted by molar-refractivity contribution is 6.07. The smallest absolute Gasteiger partial charge is 0.335 e. The van der Waals surface area contributed by atoms with Crippen LogP contribution < -0.4 is 5.32 Å². The van der Waals surface area contributed by atoms with Gasteiger partial charge in [-0.05, 0) is 13.3 Å². The zero-order chi connectivity index (χ0) is 15.7. The lowest BCUT2D eigenvalue weighted by atomic mass is 9.72. The summed E-state index contributed by atoms with van der Waals surface area (Å²) in [5.74, 6) is -3.89. The first kappa shape index (κ1) is 15.5. The quantitative estimate of drug-likeness (QED) is 0.697. The van der Waals surface area contributed by atoms with Crippen LogP contribution in [0.4, 0.5) is 0 Å². The summed E-state index contributed by atoms with van der Waals surface area (Å²) >= 11 is 0. The lowest BCUT2D eigenvalue weighted by Gasteiger charge is -2.43. The van der Waals surface area contributed by atoms with E-state index < -0.39 is 29.2 Å². The molecule has 8 heteroatoms. The van der Waals surface area contributed by atoms with Gasteiger partial charge in [0, 0.05) is 13.2 Å². The highest BCUT2D eigenvalue weighted by Gasteiger charge is 2.69. The van der Waals surface area contributed by atoms with E-state index in [-0.39, 0.29) is 25.2 Å². The van der Waals surface area contributed by atoms with E-state index in [9.17, 15) is 14.4 Å². The average molecular weight is 299 g/mol. The van der Waals surface area contributed by atoms with Gasteiger partial charge in [0.2, 0.25) is 5.91 Å². The predicted octanol–water partition coefficient (Wildman–Crippen LogP) is -0.514. The molecule has 0 aliphatic carbocycles. The van der Waals surface area contributed by atoms with Gasteiger partial charge in [0.15, 0.2) is 5.41 Å². The molecule has 8 nitrogen and oxygen atoms in total. The summed E-state index contributed by atoms with van der Waals surface area (Å²) in [7, 11) is 2.44. The molecule has 0 saturated carbocycles. The zero-order valence-corrected chi connectivity index (χ0v) is 12.1. The van der Waals surface area contributed by atoms with E-state index in [1.807, 2.05) is 0 Å². The van der Waals surface area contributed by atoms with Crippen molar-refractivity contribution in [1.82, 2.24) is 5.32 Å². The molecule has 2 rings (SSSR count). The number of fused-ring (bicyclic) bond motifs is 1. The summed E-state index contributed by atoms with van der Waals surface area (Å²) in [4.78, 5) is 36.4. The molecular formula is C13H17NO7. The molecule has 2 aliphatic rings. The van der Waals surface area contributed by atoms with Gasteiger partial charge >= 0.3 is 11.9 Å². The Kier molecular flexibility index (Phi) is 4.02. The van der Waals surface area contributed by atoms with E-state index in [0.29, 0.717) is 0 Å². The molecule has 0 aromatic carbocycles. The maximum Gasteiger partial charge on any atom is 0.335 e. The van der Waals surface area contributed by atoms with Crippen molar-refractivity contribution in [3.8, 4) is 0 Å². The fourth-order valence-corrected chi connectivity index (χ4v) is 2.77. The third-order valence-electron chi connectivity index (χ3n) is 3.68. The Labute approximate surface area is 121 Å². The van der Waals surface area contributed by atoms with E-state index in [1.54, 1.807) is 6.92 Å². The Morgan fingerprint density at radius 1 is 1.43 bits per heavy atom. The van der Waals surface area contributed by atoms with Crippen molar-refractivity contribution >= 4 is 17.8 Å². The fourth-order valence-electron chi connectivity index (χ4n) is 2.77. The van der Waals surface area contributed by atoms with Crippen LogP contribution in [-0.4, -0.2) is 51.2 Å². The molecule has 1 N–H and O–H groups in total. The minimum absolute atomic E-state index is 0.112. The number of esters is 2. The second-order valence-electron chi connectivity index (χ2n) is 4.58. The first-order valence-electron chi connectivity index (χ1n) is 6.46. The van der Waals surface area contributed by atoms with E-state index in [0.717, 1.165) is 6.08 Å². The monoisotopic (exact) mass is 299 g/mol. The Morgan fingerprint density at radius 3 is 2.71 bits per heavy atom. The van der Waals surface area contributed by atoms with Crippen LogP contribution in [0.3, 0.4) is 0 Å². The zero-order valence-electron chi connectivity index (χ0n) is 12.1. The molecule has 1 saturated heterocycles. The van der Waals surface area contributed by atoms with Crippen LogP contribution in [0.15, 0.2) is 11.6 Å². The third kappa shape index (κ3) is 2.02. The lowest BCUT2D eigenvalue weighted by Crippen LogP contribution is -2.66. The molecule has 0 radical (unpaired) electrons. The van der Waals surface area contributed by atoms with Crippen LogP contribution in [0.2, 0.25) is 0 Å². The van der Waals surface area contributed by atoms with Crippen molar-refractivity contribution in [1.29, 1.82) is 0 Å². The largest absolute Gasteiger partial charge is 0.466 e. The van der Waals surface area contributed by atoms with E-state index >= 15 is 0 Å². The summed E-state index contributed by atoms with van der Waals surface area (Å²) in [6.07, 6.45) is 1.15. The standard InChI is InChI=1S/C13H17NO7/c1-4-20-11(17)12-5-6-21-13(12,19-3)14-9(15)7-8(12)10(16)18-2/h7H,4-6H2,1-3H3,(H,14,15)/t12-,13+/m0/s1. The Morgan fingerprint density at radius 2 is 2.14 bits per heavy atom. The number of methoxy groups -OCH3 is 2. The van der Waals surface area contributed by atoms with Crippen molar-refractivity contribution in [3.05, 3.63) is 11.6 Å². The van der Waals surface area contributed by atoms with E-state index in [2.05, 4.69) is 10.1 Å². The number of carbonyl (C=O) groups excluding carboxylic acids is 3. The van der Waals surface area contributed by atoms with Gasteiger partial charge in [0.25, 0.3) is 5.91 Å². The fraction of sp³-hybridized carbons (Fsp3) is 0.615. The molecule has 116 valence electrons. The van der Waals surface area contributed by atoms with Crippen molar-refractivity contribution in [2.24, 2.45) is 5.41 Å². The maximum atomic E-state index is 12.5. The Bertz CT molecular complexity index is 515. The number of nitrogens with one attached hydrogen (secondary N) is 1. The van der Waals surface area contributed by atoms with Gasteiger partial charge in [-0.1, -0.05) is 0 Å². The second-order valence-corrected chi connectivity index (χ2v) is 4.58. The number of ether oxygens (including phenoxy) is 4. The molecule has 2 aliphatic heterocycles. The molecular weight excluding hydrogens is 282 g/mol. The van der Waals surface area contributed by atoms with Crippen LogP contribution in [0, 0.1) is 5.41 Å². The van der Waals surface area contributed by atoms with E-state index in [1.165, 1.54) is 14.2 Å². The first-order chi connectivity index (χ1) is 9.97. The number of carbonyl (C=O) groups is 3. The van der Waals surface area contributed by atoms with Gasteiger partial charge in [0.05, 0.1) is 25.9 Å². The van der Waals surface area contributed by atoms with E-state index in [4.69, 9.17) is 14.2 Å². The topological polar surface area (TPSA) is 100 Å². The number of amides is 1. The van der Waals surface area contributed by atoms with Crippen LogP contribution in [0.1, 0.15) is 13.3 Å². The van der Waals surface area contributed by atoms with Crippen molar-refractivity contribution in [3.63, 3.8) is 0 Å². The van der Waals surface area contributed by atoms with Gasteiger partial charge in [-0.15, -0.1) is 0 Å². The number of rotatable bonds is 4. The maximum absolute atomic E-state index is 12.5. The summed E-state index contributed by atoms with van der Waals surface area (Å²) < 4.78 is 20.5. The second kappa shape index (κ2) is 5.45. The molecule has 2 heterocycles. The third-order valence-corrected chi connectivity index (χ3v) is 3.68. The van der Waals surface area contributed by atoms with Gasteiger partial charge < -0.3 is 24.3 Å². The summed E-state index contributed by atoms with van der Waals surface area (Å²) in [6.45, 7) is 1.87. The highest BCUT2D eigenvalue weighted by Crippen LogP contribution is 2.51. The number of hydrogen-bond acceptors (Lipinski definition) is 7. The molecule has 1 amide bonds. The number of hydrogen-bond donors (Lipinski definition) is 1. The normalized spacial score (nSPS) is 31.0. The van der Waals surface area contributed by atoms with Crippen LogP contribution in [0.5, 0.6) is 0 Å². The van der Waals surface area contributed by atoms with Crippen molar-refractivity contribution in [2.45, 2.75) is 19.3 Å². The van der Waals surface area contributed by atoms with Crippen LogP contribution in [-0.2, 0) is 33.3 Å². The minimum Gasteiger partial charge on any atom is -0.466 e. The Balaban J connectivity index is 2.64. The van der Waals surface area contributed by atoms with Gasteiger partial charge in [-0.2, -0.15) is 0 Å². The first-order valence-corrected chi connectivity index (χ1v) is 6.46. The molecule has 0 unspecified atom stereocenters. The Hall–Kier alpha value is -1.93. The summed E-state index contributed by atoms with van der Waals surface area (Å²) in [6, 6.07) is 0. The molecule has 0 spiro atoms. The van der Waals surface area contributed by atoms with Crippen molar-refractivity contribution < 1.29 is 33.3 Å². The molecule has 0 aromatic rings. The molecule has 21 heavy (non-hydrogen) atoms. The van der Waals surface area contributed by atoms with Crippen LogP contribution in [0.25, 0.3) is 0 Å². The highest BCUT2D eigenvalue weighted by atomic mass is 16.7. The minimum atomic E-state index is -1.77. The lowest BCUT2D eigenvalue weighted by molar-refractivity contribution is -0.258. The van der Waals surface area contributed by atoms with Gasteiger partial charge in [-0.25, -0.2) is 4.79 Å². The summed E-state index contributed by atoms with van der Waals surface area (Å²) in [5.41, 5.74) is -1.72. The molecule has 1 fully saturated rings. The van der Waals surface area contributed by atoms with Gasteiger partial charge in [-0.3, -0.25) is 9.59 Å². The van der Waals surface area contributed by atoms with Crippen LogP contribution >= 0.6 is 0 Å². The molecule has 0 aromatic heterocycles. The molecule has 0 bridgehead atoms.